The summed E-state index contributed by atoms with van der Waals surface area (Å²) in [5.41, 5.74) is 1.33. The van der Waals surface area contributed by atoms with E-state index in [1.807, 2.05) is 11.8 Å². The number of hydrogen-bond donors (Lipinski definition) is 1. The number of benzene rings is 1. The summed E-state index contributed by atoms with van der Waals surface area (Å²) >= 11 is 0. The average molecular weight is 282 g/mol. The molecule has 19 heavy (non-hydrogen) atoms. The highest BCUT2D eigenvalue weighted by Gasteiger charge is 2.32. The van der Waals surface area contributed by atoms with Crippen molar-refractivity contribution in [2.24, 2.45) is 0 Å². The molecule has 1 aliphatic rings. The molecule has 1 aromatic carbocycles. The fourth-order valence-corrected chi connectivity index (χ4v) is 2.53. The lowest BCUT2D eigenvalue weighted by Gasteiger charge is -2.22. The van der Waals surface area contributed by atoms with Crippen molar-refractivity contribution in [3.05, 3.63) is 24.3 Å². The molecule has 1 aliphatic carbocycles. The predicted octanol–water partition coefficient (Wildman–Crippen LogP) is 1.96. The third-order valence-electron chi connectivity index (χ3n) is 2.93. The molecular weight excluding hydrogens is 264 g/mol. The third-order valence-corrected chi connectivity index (χ3v) is 3.54. The minimum atomic E-state index is -3.27. The molecule has 1 amide bonds. The highest BCUT2D eigenvalue weighted by molar-refractivity contribution is 7.92. The fourth-order valence-electron chi connectivity index (χ4n) is 1.97. The van der Waals surface area contributed by atoms with Gasteiger partial charge in [0.15, 0.2) is 0 Å². The number of nitrogens with zero attached hydrogens (tertiary/aromatic N) is 1. The van der Waals surface area contributed by atoms with Crippen molar-refractivity contribution in [3.63, 3.8) is 0 Å². The molecule has 1 fully saturated rings. The van der Waals surface area contributed by atoms with Gasteiger partial charge in [0.2, 0.25) is 15.9 Å². The van der Waals surface area contributed by atoms with Crippen LogP contribution in [0.15, 0.2) is 24.3 Å². The molecule has 0 aromatic heterocycles. The maximum atomic E-state index is 11.9. The summed E-state index contributed by atoms with van der Waals surface area (Å²) in [6.07, 6.45) is 3.65. The number of nitrogens with one attached hydrogen (secondary N) is 1. The summed E-state index contributed by atoms with van der Waals surface area (Å²) in [7, 11) is -3.27. The van der Waals surface area contributed by atoms with Crippen molar-refractivity contribution >= 4 is 27.3 Å². The van der Waals surface area contributed by atoms with E-state index in [1.165, 1.54) is 0 Å². The first kappa shape index (κ1) is 13.9. The number of carbonyl (C=O) groups excluding carboxylic acids is 1. The van der Waals surface area contributed by atoms with Crippen LogP contribution in [0.25, 0.3) is 0 Å². The van der Waals surface area contributed by atoms with Crippen LogP contribution in [0.4, 0.5) is 11.4 Å². The summed E-state index contributed by atoms with van der Waals surface area (Å²) in [4.78, 5) is 13.7. The van der Waals surface area contributed by atoms with E-state index in [0.29, 0.717) is 18.2 Å². The standard InChI is InChI=1S/C13H18N2O3S/c1-3-13(16)15(12-8-9-12)11-6-4-10(5-7-11)14-19(2,17)18/h4-7,12,14H,3,8-9H2,1-2H3. The summed E-state index contributed by atoms with van der Waals surface area (Å²) in [5.74, 6) is 0.103. The minimum absolute atomic E-state index is 0.103. The highest BCUT2D eigenvalue weighted by Crippen LogP contribution is 2.32. The van der Waals surface area contributed by atoms with Crippen LogP contribution in [-0.4, -0.2) is 26.6 Å². The summed E-state index contributed by atoms with van der Waals surface area (Å²) in [6, 6.07) is 7.21. The van der Waals surface area contributed by atoms with Crippen molar-refractivity contribution in [1.29, 1.82) is 0 Å². The van der Waals surface area contributed by atoms with Gasteiger partial charge in [0.05, 0.1) is 6.26 Å². The number of anilines is 2. The average Bonchev–Trinajstić information content (AvgIpc) is 3.14. The quantitative estimate of drug-likeness (QED) is 0.897. The molecule has 0 unspecified atom stereocenters. The first-order valence-electron chi connectivity index (χ1n) is 6.30. The van der Waals surface area contributed by atoms with Crippen LogP contribution in [0.5, 0.6) is 0 Å². The Hall–Kier alpha value is -1.56. The molecule has 5 nitrogen and oxygen atoms in total. The number of amides is 1. The van der Waals surface area contributed by atoms with E-state index >= 15 is 0 Å². The minimum Gasteiger partial charge on any atom is -0.309 e. The molecule has 0 heterocycles. The Labute approximate surface area is 113 Å². The first-order chi connectivity index (χ1) is 8.90. The molecule has 0 spiro atoms. The molecule has 1 saturated carbocycles. The maximum absolute atomic E-state index is 11.9. The Bertz CT molecular complexity index is 562. The lowest BCUT2D eigenvalue weighted by Crippen LogP contribution is -2.32. The Morgan fingerprint density at radius 2 is 1.89 bits per heavy atom. The second-order valence-corrected chi connectivity index (χ2v) is 6.52. The smallest absolute Gasteiger partial charge is 0.229 e. The second-order valence-electron chi connectivity index (χ2n) is 4.77. The van der Waals surface area contributed by atoms with E-state index in [4.69, 9.17) is 0 Å². The maximum Gasteiger partial charge on any atom is 0.229 e. The number of hydrogen-bond acceptors (Lipinski definition) is 3. The predicted molar refractivity (Wildman–Crippen MR) is 75.7 cm³/mol. The molecular formula is C13H18N2O3S. The van der Waals surface area contributed by atoms with Crippen LogP contribution in [0.3, 0.4) is 0 Å². The molecule has 0 saturated heterocycles. The summed E-state index contributed by atoms with van der Waals surface area (Å²) in [6.45, 7) is 1.84. The van der Waals surface area contributed by atoms with E-state index in [2.05, 4.69) is 4.72 Å². The van der Waals surface area contributed by atoms with Crippen LogP contribution < -0.4 is 9.62 Å². The molecule has 0 bridgehead atoms. The van der Waals surface area contributed by atoms with E-state index in [0.717, 1.165) is 24.8 Å². The topological polar surface area (TPSA) is 66.5 Å². The van der Waals surface area contributed by atoms with Gasteiger partial charge < -0.3 is 4.90 Å². The van der Waals surface area contributed by atoms with Gasteiger partial charge in [-0.2, -0.15) is 0 Å². The number of carbonyl (C=O) groups is 1. The summed E-state index contributed by atoms with van der Waals surface area (Å²) in [5, 5.41) is 0. The van der Waals surface area contributed by atoms with E-state index in [1.54, 1.807) is 24.3 Å². The van der Waals surface area contributed by atoms with Gasteiger partial charge in [-0.25, -0.2) is 8.42 Å². The monoisotopic (exact) mass is 282 g/mol. The number of sulfonamides is 1. The zero-order chi connectivity index (χ0) is 14.0. The van der Waals surface area contributed by atoms with Crippen molar-refractivity contribution in [3.8, 4) is 0 Å². The van der Waals surface area contributed by atoms with Crippen molar-refractivity contribution in [2.75, 3.05) is 15.9 Å². The van der Waals surface area contributed by atoms with Crippen LogP contribution in [0.2, 0.25) is 0 Å². The SMILES string of the molecule is CCC(=O)N(c1ccc(NS(C)(=O)=O)cc1)C1CC1. The fraction of sp³-hybridized carbons (Fsp3) is 0.462. The van der Waals surface area contributed by atoms with Crippen LogP contribution in [-0.2, 0) is 14.8 Å². The third kappa shape index (κ3) is 3.70. The van der Waals surface area contributed by atoms with E-state index in [9.17, 15) is 13.2 Å². The zero-order valence-electron chi connectivity index (χ0n) is 11.1. The summed E-state index contributed by atoms with van der Waals surface area (Å²) < 4.78 is 24.6. The van der Waals surface area contributed by atoms with Gasteiger partial charge in [-0.05, 0) is 37.1 Å². The molecule has 104 valence electrons. The Kier molecular flexibility index (Phi) is 3.80. The van der Waals surface area contributed by atoms with Crippen molar-refractivity contribution < 1.29 is 13.2 Å². The molecule has 2 rings (SSSR count). The van der Waals surface area contributed by atoms with Gasteiger partial charge in [-0.15, -0.1) is 0 Å². The van der Waals surface area contributed by atoms with Gasteiger partial charge in [0.1, 0.15) is 0 Å². The zero-order valence-corrected chi connectivity index (χ0v) is 11.9. The first-order valence-corrected chi connectivity index (χ1v) is 8.20. The van der Waals surface area contributed by atoms with Gasteiger partial charge >= 0.3 is 0 Å². The molecule has 0 radical (unpaired) electrons. The molecule has 1 aromatic rings. The molecule has 6 heteroatoms. The second kappa shape index (κ2) is 5.21. The molecule has 0 aliphatic heterocycles. The molecule has 1 N–H and O–H groups in total. The van der Waals surface area contributed by atoms with Gasteiger partial charge in [0.25, 0.3) is 0 Å². The molecule has 0 atom stereocenters. The Morgan fingerprint density at radius 3 is 2.32 bits per heavy atom. The van der Waals surface area contributed by atoms with Crippen LogP contribution >= 0.6 is 0 Å². The largest absolute Gasteiger partial charge is 0.309 e. The van der Waals surface area contributed by atoms with Crippen LogP contribution in [0.1, 0.15) is 26.2 Å². The van der Waals surface area contributed by atoms with Crippen LogP contribution in [0, 0.1) is 0 Å². The normalized spacial score (nSPS) is 15.1. The van der Waals surface area contributed by atoms with E-state index in [-0.39, 0.29) is 5.91 Å². The Morgan fingerprint density at radius 1 is 1.32 bits per heavy atom. The van der Waals surface area contributed by atoms with Gasteiger partial charge in [0, 0.05) is 23.8 Å². The van der Waals surface area contributed by atoms with Gasteiger partial charge in [-0.3, -0.25) is 9.52 Å². The highest BCUT2D eigenvalue weighted by atomic mass is 32.2. The number of rotatable bonds is 5. The van der Waals surface area contributed by atoms with Gasteiger partial charge in [-0.1, -0.05) is 6.92 Å². The Balaban J connectivity index is 2.18. The van der Waals surface area contributed by atoms with Crippen molar-refractivity contribution in [1.82, 2.24) is 0 Å². The lowest BCUT2D eigenvalue weighted by atomic mass is 10.2. The van der Waals surface area contributed by atoms with Crippen molar-refractivity contribution in [2.45, 2.75) is 32.2 Å². The van der Waals surface area contributed by atoms with E-state index < -0.39 is 10.0 Å². The lowest BCUT2D eigenvalue weighted by molar-refractivity contribution is -0.118.